The van der Waals surface area contributed by atoms with Crippen molar-refractivity contribution in [2.75, 3.05) is 29.5 Å². The van der Waals surface area contributed by atoms with Gasteiger partial charge in [-0.2, -0.15) is 11.8 Å². The molecule has 1 aliphatic heterocycles. The summed E-state index contributed by atoms with van der Waals surface area (Å²) in [6.07, 6.45) is 0. The molecule has 4 heteroatoms. The summed E-state index contributed by atoms with van der Waals surface area (Å²) >= 11 is 2.03. The number of aromatic nitrogens is 1. The number of rotatable bonds is 4. The van der Waals surface area contributed by atoms with E-state index in [-0.39, 0.29) is 0 Å². The third kappa shape index (κ3) is 3.89. The molecule has 17 heavy (non-hydrogen) atoms. The van der Waals surface area contributed by atoms with Crippen LogP contribution < -0.4 is 10.2 Å². The van der Waals surface area contributed by atoms with Crippen LogP contribution in [0.4, 0.5) is 5.82 Å². The lowest BCUT2D eigenvalue weighted by molar-refractivity contribution is 0.581. The molecule has 0 bridgehead atoms. The zero-order valence-corrected chi connectivity index (χ0v) is 11.5. The lowest BCUT2D eigenvalue weighted by Gasteiger charge is -2.27. The molecule has 2 rings (SSSR count). The van der Waals surface area contributed by atoms with Crippen molar-refractivity contribution in [2.24, 2.45) is 0 Å². The number of hydrogen-bond acceptors (Lipinski definition) is 4. The molecule has 1 aromatic rings. The summed E-state index contributed by atoms with van der Waals surface area (Å²) in [6, 6.07) is 6.83. The van der Waals surface area contributed by atoms with Crippen LogP contribution in [0.25, 0.3) is 0 Å². The fourth-order valence-corrected chi connectivity index (χ4v) is 2.75. The third-order valence-electron chi connectivity index (χ3n) is 2.82. The lowest BCUT2D eigenvalue weighted by Crippen LogP contribution is -2.33. The zero-order valence-electron chi connectivity index (χ0n) is 10.6. The van der Waals surface area contributed by atoms with Crippen molar-refractivity contribution in [2.45, 2.75) is 26.4 Å². The van der Waals surface area contributed by atoms with Crippen molar-refractivity contribution >= 4 is 17.6 Å². The van der Waals surface area contributed by atoms with Crippen LogP contribution in [-0.4, -0.2) is 35.6 Å². The van der Waals surface area contributed by atoms with E-state index in [0.29, 0.717) is 6.04 Å². The Kier molecular flexibility index (Phi) is 4.68. The molecule has 0 atom stereocenters. The van der Waals surface area contributed by atoms with Gasteiger partial charge in [0.2, 0.25) is 0 Å². The first kappa shape index (κ1) is 12.7. The Labute approximate surface area is 108 Å². The molecule has 0 spiro atoms. The standard InChI is InChI=1S/C13H21N3S/c1-11(2)14-10-12-4-3-5-13(15-12)16-6-8-17-9-7-16/h3-5,11,14H,6-10H2,1-2H3. The molecule has 0 saturated carbocycles. The van der Waals surface area contributed by atoms with Gasteiger partial charge in [0.15, 0.2) is 0 Å². The van der Waals surface area contributed by atoms with Crippen molar-refractivity contribution in [3.05, 3.63) is 23.9 Å². The predicted octanol–water partition coefficient (Wildman–Crippen LogP) is 2.13. The van der Waals surface area contributed by atoms with Gasteiger partial charge in [-0.3, -0.25) is 0 Å². The van der Waals surface area contributed by atoms with Crippen molar-refractivity contribution in [1.29, 1.82) is 0 Å². The van der Waals surface area contributed by atoms with Gasteiger partial charge < -0.3 is 10.2 Å². The van der Waals surface area contributed by atoms with Crippen LogP contribution >= 0.6 is 11.8 Å². The minimum absolute atomic E-state index is 0.506. The quantitative estimate of drug-likeness (QED) is 0.887. The van der Waals surface area contributed by atoms with Crippen LogP contribution in [0.2, 0.25) is 0 Å². The van der Waals surface area contributed by atoms with Gasteiger partial charge >= 0.3 is 0 Å². The van der Waals surface area contributed by atoms with Crippen molar-refractivity contribution in [3.63, 3.8) is 0 Å². The molecule has 0 radical (unpaired) electrons. The maximum Gasteiger partial charge on any atom is 0.128 e. The molecular formula is C13H21N3S. The largest absolute Gasteiger partial charge is 0.355 e. The Balaban J connectivity index is 2.00. The molecule has 1 N–H and O–H groups in total. The van der Waals surface area contributed by atoms with Crippen LogP contribution in [-0.2, 0) is 6.54 Å². The first-order valence-corrected chi connectivity index (χ1v) is 7.43. The average Bonchev–Trinajstić information content (AvgIpc) is 2.38. The molecule has 0 aliphatic carbocycles. The van der Waals surface area contributed by atoms with E-state index in [1.54, 1.807) is 0 Å². The van der Waals surface area contributed by atoms with Gasteiger partial charge in [0.05, 0.1) is 5.69 Å². The molecule has 1 aliphatic rings. The van der Waals surface area contributed by atoms with Gasteiger partial charge in [-0.05, 0) is 12.1 Å². The Morgan fingerprint density at radius 3 is 2.82 bits per heavy atom. The molecule has 0 aromatic carbocycles. The highest BCUT2D eigenvalue weighted by molar-refractivity contribution is 7.99. The molecule has 0 unspecified atom stereocenters. The fourth-order valence-electron chi connectivity index (χ4n) is 1.84. The highest BCUT2D eigenvalue weighted by atomic mass is 32.2. The number of anilines is 1. The minimum Gasteiger partial charge on any atom is -0.355 e. The number of nitrogens with zero attached hydrogens (tertiary/aromatic N) is 2. The van der Waals surface area contributed by atoms with E-state index >= 15 is 0 Å². The number of pyridine rings is 1. The van der Waals surface area contributed by atoms with Crippen LogP contribution in [0.1, 0.15) is 19.5 Å². The van der Waals surface area contributed by atoms with Crippen LogP contribution in [0, 0.1) is 0 Å². The normalized spacial score (nSPS) is 16.5. The molecule has 1 aromatic heterocycles. The number of nitrogens with one attached hydrogen (secondary N) is 1. The van der Waals surface area contributed by atoms with Gasteiger partial charge in [-0.25, -0.2) is 4.98 Å². The maximum atomic E-state index is 4.72. The second-order valence-corrected chi connectivity index (χ2v) is 5.85. The first-order chi connectivity index (χ1) is 8.25. The smallest absolute Gasteiger partial charge is 0.128 e. The summed E-state index contributed by atoms with van der Waals surface area (Å²) in [6.45, 7) is 7.42. The van der Waals surface area contributed by atoms with E-state index in [9.17, 15) is 0 Å². The van der Waals surface area contributed by atoms with Crippen LogP contribution in [0.15, 0.2) is 18.2 Å². The minimum atomic E-state index is 0.506. The van der Waals surface area contributed by atoms with E-state index in [1.165, 1.54) is 11.5 Å². The molecular weight excluding hydrogens is 230 g/mol. The van der Waals surface area contributed by atoms with Gasteiger partial charge in [-0.1, -0.05) is 19.9 Å². The second-order valence-electron chi connectivity index (χ2n) is 4.62. The van der Waals surface area contributed by atoms with E-state index in [1.807, 2.05) is 11.8 Å². The molecule has 3 nitrogen and oxygen atoms in total. The van der Waals surface area contributed by atoms with Gasteiger partial charge in [-0.15, -0.1) is 0 Å². The Bertz CT molecular complexity index is 348. The highest BCUT2D eigenvalue weighted by Crippen LogP contribution is 2.17. The van der Waals surface area contributed by atoms with Crippen LogP contribution in [0.5, 0.6) is 0 Å². The van der Waals surface area contributed by atoms with Crippen molar-refractivity contribution < 1.29 is 0 Å². The molecule has 1 saturated heterocycles. The summed E-state index contributed by atoms with van der Waals surface area (Å²) in [5.41, 5.74) is 1.13. The topological polar surface area (TPSA) is 28.2 Å². The van der Waals surface area contributed by atoms with E-state index < -0.39 is 0 Å². The first-order valence-electron chi connectivity index (χ1n) is 6.28. The summed E-state index contributed by atoms with van der Waals surface area (Å²) < 4.78 is 0. The van der Waals surface area contributed by atoms with Gasteiger partial charge in [0, 0.05) is 37.2 Å². The van der Waals surface area contributed by atoms with E-state index in [2.05, 4.69) is 42.3 Å². The molecule has 2 heterocycles. The number of thioether (sulfide) groups is 1. The highest BCUT2D eigenvalue weighted by Gasteiger charge is 2.12. The number of hydrogen-bond donors (Lipinski definition) is 1. The van der Waals surface area contributed by atoms with Crippen molar-refractivity contribution in [1.82, 2.24) is 10.3 Å². The molecule has 94 valence electrons. The lowest BCUT2D eigenvalue weighted by atomic mass is 10.3. The van der Waals surface area contributed by atoms with Crippen LogP contribution in [0.3, 0.4) is 0 Å². The fraction of sp³-hybridized carbons (Fsp3) is 0.615. The van der Waals surface area contributed by atoms with E-state index in [0.717, 1.165) is 31.1 Å². The maximum absolute atomic E-state index is 4.72. The average molecular weight is 251 g/mol. The summed E-state index contributed by atoms with van der Waals surface area (Å²) in [5, 5.41) is 3.41. The Morgan fingerprint density at radius 2 is 2.12 bits per heavy atom. The van der Waals surface area contributed by atoms with Crippen molar-refractivity contribution in [3.8, 4) is 0 Å². The van der Waals surface area contributed by atoms with Gasteiger partial charge in [0.1, 0.15) is 5.82 Å². The Hall–Kier alpha value is -0.740. The van der Waals surface area contributed by atoms with Gasteiger partial charge in [0.25, 0.3) is 0 Å². The SMILES string of the molecule is CC(C)NCc1cccc(N2CCSCC2)n1. The second kappa shape index (κ2) is 6.26. The third-order valence-corrected chi connectivity index (χ3v) is 3.76. The summed E-state index contributed by atoms with van der Waals surface area (Å²) in [7, 11) is 0. The summed E-state index contributed by atoms with van der Waals surface area (Å²) in [4.78, 5) is 7.11. The predicted molar refractivity (Wildman–Crippen MR) is 75.8 cm³/mol. The monoisotopic (exact) mass is 251 g/mol. The molecule has 0 amide bonds. The summed E-state index contributed by atoms with van der Waals surface area (Å²) in [5.74, 6) is 3.57. The molecule has 1 fully saturated rings. The van der Waals surface area contributed by atoms with E-state index in [4.69, 9.17) is 4.98 Å². The zero-order chi connectivity index (χ0) is 12.1. The Morgan fingerprint density at radius 1 is 1.35 bits per heavy atom.